The molecule has 0 radical (unpaired) electrons. The standard InChI is InChI=1S/C17H20N2O2/c1-11(2)14-5-7-15(8-6-14)12(3)18-19-17(20)16-9-10-21-13(16)4/h5-11H,1-4H3,(H,19,20)/b18-12-. The van der Waals surface area contributed by atoms with Crippen LogP contribution < -0.4 is 5.43 Å². The third-order valence-corrected chi connectivity index (χ3v) is 3.42. The average Bonchev–Trinajstić information content (AvgIpc) is 2.90. The van der Waals surface area contributed by atoms with Crippen LogP contribution in [-0.4, -0.2) is 11.6 Å². The molecule has 0 saturated heterocycles. The van der Waals surface area contributed by atoms with E-state index < -0.39 is 0 Å². The molecule has 1 amide bonds. The highest BCUT2D eigenvalue weighted by Gasteiger charge is 2.10. The first-order valence-corrected chi connectivity index (χ1v) is 6.98. The van der Waals surface area contributed by atoms with Gasteiger partial charge in [0.25, 0.3) is 5.91 Å². The van der Waals surface area contributed by atoms with Crippen LogP contribution in [0.5, 0.6) is 0 Å². The molecule has 0 aliphatic carbocycles. The lowest BCUT2D eigenvalue weighted by Gasteiger charge is -2.07. The maximum absolute atomic E-state index is 11.9. The van der Waals surface area contributed by atoms with Gasteiger partial charge in [-0.25, -0.2) is 5.43 Å². The minimum absolute atomic E-state index is 0.264. The number of carbonyl (C=O) groups excluding carboxylic acids is 1. The Bertz CT molecular complexity index is 652. The number of hydrazone groups is 1. The van der Waals surface area contributed by atoms with Crippen LogP contribution in [0.4, 0.5) is 0 Å². The van der Waals surface area contributed by atoms with Gasteiger partial charge in [0.15, 0.2) is 0 Å². The quantitative estimate of drug-likeness (QED) is 0.684. The predicted octanol–water partition coefficient (Wildman–Crippen LogP) is 3.87. The zero-order valence-corrected chi connectivity index (χ0v) is 12.8. The first-order valence-electron chi connectivity index (χ1n) is 6.98. The molecule has 0 fully saturated rings. The van der Waals surface area contributed by atoms with Gasteiger partial charge in [0, 0.05) is 0 Å². The molecule has 0 unspecified atom stereocenters. The van der Waals surface area contributed by atoms with E-state index in [0.29, 0.717) is 17.2 Å². The van der Waals surface area contributed by atoms with Gasteiger partial charge < -0.3 is 4.42 Å². The smallest absolute Gasteiger partial charge is 0.274 e. The summed E-state index contributed by atoms with van der Waals surface area (Å²) in [5, 5.41) is 4.14. The van der Waals surface area contributed by atoms with E-state index >= 15 is 0 Å². The number of amides is 1. The van der Waals surface area contributed by atoms with E-state index in [9.17, 15) is 4.79 Å². The Hall–Kier alpha value is -2.36. The number of hydrogen-bond donors (Lipinski definition) is 1. The second kappa shape index (κ2) is 6.39. The summed E-state index contributed by atoms with van der Waals surface area (Å²) in [7, 11) is 0. The van der Waals surface area contributed by atoms with Crippen molar-refractivity contribution >= 4 is 11.6 Å². The highest BCUT2D eigenvalue weighted by Crippen LogP contribution is 2.15. The minimum atomic E-state index is -0.264. The van der Waals surface area contributed by atoms with E-state index in [0.717, 1.165) is 11.3 Å². The minimum Gasteiger partial charge on any atom is -0.469 e. The highest BCUT2D eigenvalue weighted by atomic mass is 16.3. The Morgan fingerprint density at radius 1 is 1.19 bits per heavy atom. The third kappa shape index (κ3) is 3.60. The molecule has 2 aromatic rings. The van der Waals surface area contributed by atoms with Crippen LogP contribution in [-0.2, 0) is 0 Å². The predicted molar refractivity (Wildman–Crippen MR) is 83.7 cm³/mol. The van der Waals surface area contributed by atoms with Crippen LogP contribution >= 0.6 is 0 Å². The van der Waals surface area contributed by atoms with Crippen molar-refractivity contribution in [2.24, 2.45) is 5.10 Å². The van der Waals surface area contributed by atoms with Crippen molar-refractivity contribution in [3.05, 3.63) is 59.0 Å². The summed E-state index contributed by atoms with van der Waals surface area (Å²) < 4.78 is 5.10. The van der Waals surface area contributed by atoms with E-state index in [1.54, 1.807) is 13.0 Å². The van der Waals surface area contributed by atoms with Gasteiger partial charge in [-0.1, -0.05) is 38.1 Å². The number of benzene rings is 1. The fourth-order valence-electron chi connectivity index (χ4n) is 1.99. The number of nitrogens with one attached hydrogen (secondary N) is 1. The number of aryl methyl sites for hydroxylation is 1. The van der Waals surface area contributed by atoms with Crippen molar-refractivity contribution in [2.75, 3.05) is 0 Å². The molecule has 4 heteroatoms. The molecule has 4 nitrogen and oxygen atoms in total. The van der Waals surface area contributed by atoms with E-state index in [-0.39, 0.29) is 5.91 Å². The number of hydrogen-bond acceptors (Lipinski definition) is 3. The monoisotopic (exact) mass is 284 g/mol. The van der Waals surface area contributed by atoms with Gasteiger partial charge in [-0.2, -0.15) is 5.10 Å². The van der Waals surface area contributed by atoms with E-state index in [2.05, 4.69) is 36.5 Å². The van der Waals surface area contributed by atoms with Gasteiger partial charge >= 0.3 is 0 Å². The fourth-order valence-corrected chi connectivity index (χ4v) is 1.99. The summed E-state index contributed by atoms with van der Waals surface area (Å²) in [5.41, 5.74) is 6.09. The summed E-state index contributed by atoms with van der Waals surface area (Å²) >= 11 is 0. The second-order valence-corrected chi connectivity index (χ2v) is 5.31. The van der Waals surface area contributed by atoms with Crippen LogP contribution in [0.1, 0.15) is 53.9 Å². The zero-order valence-electron chi connectivity index (χ0n) is 12.8. The van der Waals surface area contributed by atoms with Gasteiger partial charge in [-0.15, -0.1) is 0 Å². The van der Waals surface area contributed by atoms with Crippen LogP contribution in [0.2, 0.25) is 0 Å². The first kappa shape index (κ1) is 15.0. The number of carbonyl (C=O) groups is 1. The summed E-state index contributed by atoms with van der Waals surface area (Å²) in [4.78, 5) is 11.9. The second-order valence-electron chi connectivity index (χ2n) is 5.31. The van der Waals surface area contributed by atoms with Crippen molar-refractivity contribution < 1.29 is 9.21 Å². The maximum atomic E-state index is 11.9. The SMILES string of the molecule is C/C(=N/NC(=O)c1ccoc1C)c1ccc(C(C)C)cc1. The molecule has 0 bridgehead atoms. The first-order chi connectivity index (χ1) is 9.99. The zero-order chi connectivity index (χ0) is 15.4. The van der Waals surface area contributed by atoms with Crippen molar-refractivity contribution in [1.29, 1.82) is 0 Å². The van der Waals surface area contributed by atoms with Crippen molar-refractivity contribution in [3.8, 4) is 0 Å². The molecule has 0 atom stereocenters. The van der Waals surface area contributed by atoms with Gasteiger partial charge in [0.1, 0.15) is 5.76 Å². The lowest BCUT2D eigenvalue weighted by Crippen LogP contribution is -2.19. The molecule has 110 valence electrons. The molecule has 0 spiro atoms. The lowest BCUT2D eigenvalue weighted by molar-refractivity contribution is 0.0953. The van der Waals surface area contributed by atoms with Crippen molar-refractivity contribution in [2.45, 2.75) is 33.6 Å². The van der Waals surface area contributed by atoms with Gasteiger partial charge in [0.05, 0.1) is 17.5 Å². The average molecular weight is 284 g/mol. The van der Waals surface area contributed by atoms with Crippen molar-refractivity contribution in [3.63, 3.8) is 0 Å². The van der Waals surface area contributed by atoms with Gasteiger partial charge in [-0.05, 0) is 37.0 Å². The molecule has 1 N–H and O–H groups in total. The van der Waals surface area contributed by atoms with Crippen LogP contribution in [0.25, 0.3) is 0 Å². The Labute approximate surface area is 124 Å². The molecular weight excluding hydrogens is 264 g/mol. The van der Waals surface area contributed by atoms with E-state index in [4.69, 9.17) is 4.42 Å². The van der Waals surface area contributed by atoms with Crippen LogP contribution in [0.3, 0.4) is 0 Å². The Morgan fingerprint density at radius 2 is 1.86 bits per heavy atom. The topological polar surface area (TPSA) is 54.6 Å². The van der Waals surface area contributed by atoms with E-state index in [1.807, 2.05) is 19.1 Å². The molecule has 0 aliphatic heterocycles. The molecule has 1 aromatic heterocycles. The van der Waals surface area contributed by atoms with E-state index in [1.165, 1.54) is 11.8 Å². The maximum Gasteiger partial charge on any atom is 0.274 e. The Morgan fingerprint density at radius 3 is 2.38 bits per heavy atom. The molecule has 2 rings (SSSR count). The van der Waals surface area contributed by atoms with Crippen LogP contribution in [0, 0.1) is 6.92 Å². The van der Waals surface area contributed by atoms with Crippen molar-refractivity contribution in [1.82, 2.24) is 5.43 Å². The molecule has 0 saturated carbocycles. The highest BCUT2D eigenvalue weighted by molar-refractivity contribution is 6.01. The number of nitrogens with zero attached hydrogens (tertiary/aromatic N) is 1. The van der Waals surface area contributed by atoms with Gasteiger partial charge in [-0.3, -0.25) is 4.79 Å². The molecule has 0 aliphatic rings. The molecular formula is C17H20N2O2. The molecule has 21 heavy (non-hydrogen) atoms. The summed E-state index contributed by atoms with van der Waals surface area (Å²) in [5.74, 6) is 0.820. The lowest BCUT2D eigenvalue weighted by atomic mass is 10.0. The summed E-state index contributed by atoms with van der Waals surface area (Å²) in [6, 6.07) is 9.84. The molecule has 1 heterocycles. The summed E-state index contributed by atoms with van der Waals surface area (Å²) in [6.07, 6.45) is 1.49. The summed E-state index contributed by atoms with van der Waals surface area (Å²) in [6.45, 7) is 7.93. The number of furan rings is 1. The normalized spacial score (nSPS) is 11.8. The largest absolute Gasteiger partial charge is 0.469 e. The Kier molecular flexibility index (Phi) is 4.58. The fraction of sp³-hybridized carbons (Fsp3) is 0.294. The Balaban J connectivity index is 2.07. The third-order valence-electron chi connectivity index (χ3n) is 3.42. The molecule has 1 aromatic carbocycles. The van der Waals surface area contributed by atoms with Gasteiger partial charge in [0.2, 0.25) is 0 Å². The number of rotatable bonds is 4. The van der Waals surface area contributed by atoms with Crippen LogP contribution in [0.15, 0.2) is 46.1 Å².